The summed E-state index contributed by atoms with van der Waals surface area (Å²) in [4.78, 5) is 4.61. The first-order chi connectivity index (χ1) is 7.65. The summed E-state index contributed by atoms with van der Waals surface area (Å²) in [6.45, 7) is 7.23. The predicted molar refractivity (Wildman–Crippen MR) is 66.9 cm³/mol. The van der Waals surface area contributed by atoms with E-state index in [0.717, 1.165) is 18.9 Å². The van der Waals surface area contributed by atoms with E-state index in [1.54, 1.807) is 0 Å². The topological polar surface area (TPSA) is 21.6 Å². The number of hydrogen-bond donors (Lipinski definition) is 0. The lowest BCUT2D eigenvalue weighted by Crippen LogP contribution is -2.13. The van der Waals surface area contributed by atoms with Gasteiger partial charge in [0.1, 0.15) is 6.61 Å². The van der Waals surface area contributed by atoms with Crippen molar-refractivity contribution in [3.05, 3.63) is 35.4 Å². The average molecular weight is 217 g/mol. The van der Waals surface area contributed by atoms with E-state index in [9.17, 15) is 0 Å². The molecule has 0 fully saturated rings. The van der Waals surface area contributed by atoms with Crippen molar-refractivity contribution in [1.82, 2.24) is 0 Å². The standard InChI is InChI=1S/C14H19NO/c1-10(2)13-9-16-14(15-13)8-12-6-4-5-11(3)7-12/h4-7,10,13H,8-9H2,1-3H3. The number of benzene rings is 1. The van der Waals surface area contributed by atoms with Gasteiger partial charge in [-0.2, -0.15) is 0 Å². The molecule has 0 bridgehead atoms. The van der Waals surface area contributed by atoms with Crippen molar-refractivity contribution < 1.29 is 4.74 Å². The molecular formula is C14H19NO. The van der Waals surface area contributed by atoms with Gasteiger partial charge in [0.05, 0.1) is 6.04 Å². The first kappa shape index (κ1) is 11.2. The highest BCUT2D eigenvalue weighted by Crippen LogP contribution is 2.16. The number of aryl methyl sites for hydroxylation is 1. The van der Waals surface area contributed by atoms with Crippen molar-refractivity contribution in [2.75, 3.05) is 6.61 Å². The summed E-state index contributed by atoms with van der Waals surface area (Å²) in [5, 5.41) is 0. The van der Waals surface area contributed by atoms with Gasteiger partial charge in [0.2, 0.25) is 0 Å². The van der Waals surface area contributed by atoms with Crippen molar-refractivity contribution in [3.8, 4) is 0 Å². The van der Waals surface area contributed by atoms with Crippen LogP contribution < -0.4 is 0 Å². The van der Waals surface area contributed by atoms with Crippen LogP contribution in [0.5, 0.6) is 0 Å². The molecule has 1 aliphatic rings. The lowest BCUT2D eigenvalue weighted by atomic mass is 10.1. The number of aliphatic imine (C=N–C) groups is 1. The van der Waals surface area contributed by atoms with Gasteiger partial charge in [-0.1, -0.05) is 43.7 Å². The minimum atomic E-state index is 0.347. The minimum Gasteiger partial charge on any atom is -0.478 e. The molecule has 0 saturated carbocycles. The third-order valence-electron chi connectivity index (χ3n) is 2.94. The van der Waals surface area contributed by atoms with E-state index in [1.807, 2.05) is 0 Å². The maximum absolute atomic E-state index is 5.62. The molecule has 2 heteroatoms. The van der Waals surface area contributed by atoms with Crippen molar-refractivity contribution in [3.63, 3.8) is 0 Å². The Morgan fingerprint density at radius 1 is 1.44 bits per heavy atom. The maximum atomic E-state index is 5.62. The van der Waals surface area contributed by atoms with Gasteiger partial charge in [0, 0.05) is 6.42 Å². The van der Waals surface area contributed by atoms with Gasteiger partial charge in [-0.05, 0) is 18.4 Å². The van der Waals surface area contributed by atoms with Crippen LogP contribution in [0.1, 0.15) is 25.0 Å². The number of rotatable bonds is 3. The second kappa shape index (κ2) is 4.69. The fourth-order valence-electron chi connectivity index (χ4n) is 1.88. The lowest BCUT2D eigenvalue weighted by Gasteiger charge is -2.06. The van der Waals surface area contributed by atoms with Crippen LogP contribution in [0.15, 0.2) is 29.3 Å². The first-order valence-corrected chi connectivity index (χ1v) is 5.90. The zero-order valence-corrected chi connectivity index (χ0v) is 10.2. The van der Waals surface area contributed by atoms with Crippen LogP contribution in [0.3, 0.4) is 0 Å². The van der Waals surface area contributed by atoms with Crippen molar-refractivity contribution in [2.24, 2.45) is 10.9 Å². The molecule has 16 heavy (non-hydrogen) atoms. The quantitative estimate of drug-likeness (QED) is 0.762. The molecule has 0 aromatic heterocycles. The Labute approximate surface area is 97.4 Å². The molecule has 86 valence electrons. The Balaban J connectivity index is 2.03. The van der Waals surface area contributed by atoms with Gasteiger partial charge >= 0.3 is 0 Å². The fraction of sp³-hybridized carbons (Fsp3) is 0.500. The normalized spacial score (nSPS) is 19.8. The van der Waals surface area contributed by atoms with Gasteiger partial charge < -0.3 is 4.74 Å². The molecular weight excluding hydrogens is 198 g/mol. The highest BCUT2D eigenvalue weighted by atomic mass is 16.5. The van der Waals surface area contributed by atoms with Gasteiger partial charge in [-0.15, -0.1) is 0 Å². The number of ether oxygens (including phenoxy) is 1. The molecule has 1 heterocycles. The molecule has 1 unspecified atom stereocenters. The average Bonchev–Trinajstić information content (AvgIpc) is 2.66. The Hall–Kier alpha value is -1.31. The van der Waals surface area contributed by atoms with Gasteiger partial charge in [0.15, 0.2) is 5.90 Å². The third kappa shape index (κ3) is 2.63. The molecule has 1 atom stereocenters. The monoisotopic (exact) mass is 217 g/mol. The summed E-state index contributed by atoms with van der Waals surface area (Å²) in [5.41, 5.74) is 2.57. The van der Waals surface area contributed by atoms with Crippen LogP contribution in [-0.2, 0) is 11.2 Å². The van der Waals surface area contributed by atoms with Gasteiger partial charge in [0.25, 0.3) is 0 Å². The minimum absolute atomic E-state index is 0.347. The van der Waals surface area contributed by atoms with Crippen LogP contribution in [0.25, 0.3) is 0 Å². The molecule has 2 rings (SSSR count). The van der Waals surface area contributed by atoms with Gasteiger partial charge in [-0.25, -0.2) is 4.99 Å². The summed E-state index contributed by atoms with van der Waals surface area (Å²) in [7, 11) is 0. The van der Waals surface area contributed by atoms with E-state index in [-0.39, 0.29) is 0 Å². The Morgan fingerprint density at radius 2 is 2.25 bits per heavy atom. The highest BCUT2D eigenvalue weighted by molar-refractivity contribution is 5.80. The van der Waals surface area contributed by atoms with Gasteiger partial charge in [-0.3, -0.25) is 0 Å². The zero-order valence-electron chi connectivity index (χ0n) is 10.2. The van der Waals surface area contributed by atoms with Crippen molar-refractivity contribution >= 4 is 5.90 Å². The SMILES string of the molecule is Cc1cccc(CC2=NC(C(C)C)CO2)c1. The molecule has 0 N–H and O–H groups in total. The van der Waals surface area contributed by atoms with Crippen LogP contribution in [0.4, 0.5) is 0 Å². The lowest BCUT2D eigenvalue weighted by molar-refractivity contribution is 0.287. The molecule has 0 aliphatic carbocycles. The van der Waals surface area contributed by atoms with Crippen molar-refractivity contribution in [1.29, 1.82) is 0 Å². The van der Waals surface area contributed by atoms with Crippen LogP contribution in [0, 0.1) is 12.8 Å². The van der Waals surface area contributed by atoms with Crippen LogP contribution >= 0.6 is 0 Å². The van der Waals surface area contributed by atoms with Crippen molar-refractivity contribution in [2.45, 2.75) is 33.2 Å². The summed E-state index contributed by atoms with van der Waals surface area (Å²) >= 11 is 0. The van der Waals surface area contributed by atoms with E-state index in [2.05, 4.69) is 50.0 Å². The maximum Gasteiger partial charge on any atom is 0.188 e. The molecule has 0 amide bonds. The smallest absolute Gasteiger partial charge is 0.188 e. The summed E-state index contributed by atoms with van der Waals surface area (Å²) in [6.07, 6.45) is 0.824. The van der Waals surface area contributed by atoms with Crippen LogP contribution in [0.2, 0.25) is 0 Å². The number of nitrogens with zero attached hydrogens (tertiary/aromatic N) is 1. The van der Waals surface area contributed by atoms with E-state index in [4.69, 9.17) is 4.74 Å². The van der Waals surface area contributed by atoms with E-state index in [0.29, 0.717) is 12.0 Å². The third-order valence-corrected chi connectivity index (χ3v) is 2.94. The van der Waals surface area contributed by atoms with E-state index < -0.39 is 0 Å². The molecule has 1 aromatic rings. The molecule has 0 saturated heterocycles. The molecule has 2 nitrogen and oxygen atoms in total. The molecule has 0 radical (unpaired) electrons. The summed E-state index contributed by atoms with van der Waals surface area (Å²) in [6, 6.07) is 8.85. The predicted octanol–water partition coefficient (Wildman–Crippen LogP) is 2.99. The molecule has 0 spiro atoms. The summed E-state index contributed by atoms with van der Waals surface area (Å²) in [5.74, 6) is 1.46. The second-order valence-corrected chi connectivity index (χ2v) is 4.81. The summed E-state index contributed by atoms with van der Waals surface area (Å²) < 4.78 is 5.62. The Kier molecular flexibility index (Phi) is 3.28. The molecule has 1 aromatic carbocycles. The fourth-order valence-corrected chi connectivity index (χ4v) is 1.88. The van der Waals surface area contributed by atoms with E-state index >= 15 is 0 Å². The Bertz CT molecular complexity index is 395. The largest absolute Gasteiger partial charge is 0.478 e. The number of hydrogen-bond acceptors (Lipinski definition) is 2. The van der Waals surface area contributed by atoms with Crippen LogP contribution in [-0.4, -0.2) is 18.5 Å². The Morgan fingerprint density at radius 3 is 2.88 bits per heavy atom. The highest BCUT2D eigenvalue weighted by Gasteiger charge is 2.21. The zero-order chi connectivity index (χ0) is 11.5. The second-order valence-electron chi connectivity index (χ2n) is 4.81. The first-order valence-electron chi connectivity index (χ1n) is 5.90. The van der Waals surface area contributed by atoms with E-state index in [1.165, 1.54) is 11.1 Å². The molecule has 1 aliphatic heterocycles.